The fourth-order valence-electron chi connectivity index (χ4n) is 2.54. The van der Waals surface area contributed by atoms with E-state index in [1.165, 1.54) is 17.9 Å². The van der Waals surface area contributed by atoms with Crippen LogP contribution in [-0.4, -0.2) is 25.5 Å². The number of ether oxygens (including phenoxy) is 2. The first-order chi connectivity index (χ1) is 14.3. The molecule has 0 N–H and O–H groups in total. The number of rotatable bonds is 6. The highest BCUT2D eigenvalue weighted by Crippen LogP contribution is 2.31. The summed E-state index contributed by atoms with van der Waals surface area (Å²) in [6.07, 6.45) is -4.59. The van der Waals surface area contributed by atoms with Gasteiger partial charge in [-0.15, -0.1) is 0 Å². The standard InChI is InChI=1S/C23H26F3NO4/c1-15(28)27(5)18-8-10-19(11-9-18)30-13-16-6-7-17(23(24,25)26)12-20(16)21(29)31-14-22(2,3)4/h6-12H,13-14H2,1-5H3. The first-order valence-electron chi connectivity index (χ1n) is 9.62. The van der Waals surface area contributed by atoms with Crippen molar-refractivity contribution in [3.63, 3.8) is 0 Å². The van der Waals surface area contributed by atoms with Gasteiger partial charge >= 0.3 is 12.1 Å². The Morgan fingerprint density at radius 1 is 1.00 bits per heavy atom. The van der Waals surface area contributed by atoms with E-state index in [4.69, 9.17) is 9.47 Å². The summed E-state index contributed by atoms with van der Waals surface area (Å²) in [6.45, 7) is 6.93. The number of anilines is 1. The maximum atomic E-state index is 13.1. The lowest BCUT2D eigenvalue weighted by Crippen LogP contribution is -2.22. The van der Waals surface area contributed by atoms with Crippen LogP contribution in [0.25, 0.3) is 0 Å². The molecule has 0 saturated carbocycles. The number of hydrogen-bond donors (Lipinski definition) is 0. The summed E-state index contributed by atoms with van der Waals surface area (Å²) in [4.78, 5) is 25.4. The smallest absolute Gasteiger partial charge is 0.416 e. The van der Waals surface area contributed by atoms with Crippen molar-refractivity contribution in [1.82, 2.24) is 0 Å². The zero-order chi connectivity index (χ0) is 23.4. The Bertz CT molecular complexity index is 931. The Kier molecular flexibility index (Phi) is 7.36. The van der Waals surface area contributed by atoms with Crippen LogP contribution < -0.4 is 9.64 Å². The van der Waals surface area contributed by atoms with Crippen LogP contribution in [0.15, 0.2) is 42.5 Å². The molecule has 5 nitrogen and oxygen atoms in total. The van der Waals surface area contributed by atoms with E-state index in [2.05, 4.69) is 0 Å². The summed E-state index contributed by atoms with van der Waals surface area (Å²) in [5, 5.41) is 0. The number of hydrogen-bond acceptors (Lipinski definition) is 4. The van der Waals surface area contributed by atoms with Gasteiger partial charge in [0.1, 0.15) is 12.4 Å². The number of alkyl halides is 3. The van der Waals surface area contributed by atoms with E-state index in [1.807, 2.05) is 20.8 Å². The molecular weight excluding hydrogens is 411 g/mol. The minimum Gasteiger partial charge on any atom is -0.489 e. The van der Waals surface area contributed by atoms with Crippen molar-refractivity contribution < 1.29 is 32.2 Å². The topological polar surface area (TPSA) is 55.8 Å². The molecule has 0 aromatic heterocycles. The normalized spacial score (nSPS) is 11.7. The van der Waals surface area contributed by atoms with E-state index in [0.29, 0.717) is 11.4 Å². The van der Waals surface area contributed by atoms with Gasteiger partial charge in [-0.1, -0.05) is 26.8 Å². The number of benzene rings is 2. The number of esters is 1. The second-order valence-corrected chi connectivity index (χ2v) is 8.37. The lowest BCUT2D eigenvalue weighted by atomic mass is 9.98. The third kappa shape index (κ3) is 7.01. The Labute approximate surface area is 179 Å². The molecule has 0 aliphatic rings. The molecule has 0 aliphatic heterocycles. The molecule has 0 heterocycles. The van der Waals surface area contributed by atoms with Crippen LogP contribution in [0.2, 0.25) is 0 Å². The van der Waals surface area contributed by atoms with Crippen LogP contribution in [0.4, 0.5) is 18.9 Å². The van der Waals surface area contributed by atoms with Gasteiger partial charge in [0.15, 0.2) is 0 Å². The van der Waals surface area contributed by atoms with Gasteiger partial charge in [-0.2, -0.15) is 13.2 Å². The van der Waals surface area contributed by atoms with Gasteiger partial charge in [0, 0.05) is 25.2 Å². The lowest BCUT2D eigenvalue weighted by Gasteiger charge is -2.19. The number of nitrogens with zero attached hydrogens (tertiary/aromatic N) is 1. The molecule has 0 saturated heterocycles. The Balaban J connectivity index is 2.22. The molecule has 0 aliphatic carbocycles. The van der Waals surface area contributed by atoms with E-state index in [1.54, 1.807) is 31.3 Å². The molecular formula is C23H26F3NO4. The summed E-state index contributed by atoms with van der Waals surface area (Å²) in [7, 11) is 1.63. The van der Waals surface area contributed by atoms with Crippen molar-refractivity contribution in [2.75, 3.05) is 18.6 Å². The minimum absolute atomic E-state index is 0.0630. The summed E-state index contributed by atoms with van der Waals surface area (Å²) >= 11 is 0. The fraction of sp³-hybridized carbons (Fsp3) is 0.391. The van der Waals surface area contributed by atoms with Crippen LogP contribution >= 0.6 is 0 Å². The van der Waals surface area contributed by atoms with Crippen molar-refractivity contribution in [3.8, 4) is 5.75 Å². The van der Waals surface area contributed by atoms with Crippen molar-refractivity contribution in [2.45, 2.75) is 40.5 Å². The second-order valence-electron chi connectivity index (χ2n) is 8.37. The lowest BCUT2D eigenvalue weighted by molar-refractivity contribution is -0.137. The number of carbonyl (C=O) groups is 2. The first-order valence-corrected chi connectivity index (χ1v) is 9.62. The predicted molar refractivity (Wildman–Crippen MR) is 111 cm³/mol. The van der Waals surface area contributed by atoms with Crippen LogP contribution in [0.3, 0.4) is 0 Å². The van der Waals surface area contributed by atoms with E-state index in [-0.39, 0.29) is 35.7 Å². The van der Waals surface area contributed by atoms with Gasteiger partial charge in [0.05, 0.1) is 17.7 Å². The molecule has 31 heavy (non-hydrogen) atoms. The minimum atomic E-state index is -4.59. The molecule has 8 heteroatoms. The SMILES string of the molecule is CC(=O)N(C)c1ccc(OCc2ccc(C(F)(F)F)cc2C(=O)OCC(C)(C)C)cc1. The zero-order valence-electron chi connectivity index (χ0n) is 18.2. The predicted octanol–water partition coefficient (Wildman–Crippen LogP) is 5.47. The van der Waals surface area contributed by atoms with E-state index in [9.17, 15) is 22.8 Å². The van der Waals surface area contributed by atoms with Gasteiger partial charge < -0.3 is 14.4 Å². The number of amides is 1. The number of carbonyl (C=O) groups excluding carboxylic acids is 2. The molecule has 0 unspecified atom stereocenters. The maximum Gasteiger partial charge on any atom is 0.416 e. The highest BCUT2D eigenvalue weighted by atomic mass is 19.4. The van der Waals surface area contributed by atoms with Gasteiger partial charge in [-0.3, -0.25) is 4.79 Å². The van der Waals surface area contributed by atoms with Crippen LogP contribution in [-0.2, 0) is 22.3 Å². The summed E-state index contributed by atoms with van der Waals surface area (Å²) in [5.41, 5.74) is -0.511. The van der Waals surface area contributed by atoms with E-state index >= 15 is 0 Å². The van der Waals surface area contributed by atoms with Crippen molar-refractivity contribution >= 4 is 17.6 Å². The monoisotopic (exact) mass is 437 g/mol. The molecule has 0 atom stereocenters. The van der Waals surface area contributed by atoms with Crippen molar-refractivity contribution in [3.05, 3.63) is 59.2 Å². The highest BCUT2D eigenvalue weighted by molar-refractivity contribution is 5.91. The van der Waals surface area contributed by atoms with Gasteiger partial charge in [0.2, 0.25) is 5.91 Å². The van der Waals surface area contributed by atoms with Gasteiger partial charge in [-0.25, -0.2) is 4.79 Å². The summed E-state index contributed by atoms with van der Waals surface area (Å²) in [5.74, 6) is -0.524. The highest BCUT2D eigenvalue weighted by Gasteiger charge is 2.32. The molecule has 2 aromatic rings. The quantitative estimate of drug-likeness (QED) is 0.563. The number of halogens is 3. The Morgan fingerprint density at radius 2 is 1.61 bits per heavy atom. The molecule has 0 radical (unpaired) electrons. The van der Waals surface area contributed by atoms with Crippen molar-refractivity contribution in [2.24, 2.45) is 5.41 Å². The Hall–Kier alpha value is -3.03. The molecule has 2 rings (SSSR count). The van der Waals surface area contributed by atoms with Crippen molar-refractivity contribution in [1.29, 1.82) is 0 Å². The van der Waals surface area contributed by atoms with Crippen LogP contribution in [0, 0.1) is 5.41 Å². The Morgan fingerprint density at radius 3 is 2.13 bits per heavy atom. The van der Waals surface area contributed by atoms with Gasteiger partial charge in [0.25, 0.3) is 0 Å². The molecule has 0 spiro atoms. The van der Waals surface area contributed by atoms with E-state index in [0.717, 1.165) is 12.1 Å². The summed E-state index contributed by atoms with van der Waals surface area (Å²) < 4.78 is 50.3. The molecule has 1 amide bonds. The molecule has 168 valence electrons. The molecule has 2 aromatic carbocycles. The molecule has 0 fully saturated rings. The third-order valence-electron chi connectivity index (χ3n) is 4.38. The van der Waals surface area contributed by atoms with E-state index < -0.39 is 17.7 Å². The average molecular weight is 437 g/mol. The second kappa shape index (κ2) is 9.41. The zero-order valence-corrected chi connectivity index (χ0v) is 18.2. The molecule has 0 bridgehead atoms. The van der Waals surface area contributed by atoms with Crippen LogP contribution in [0.1, 0.15) is 49.2 Å². The largest absolute Gasteiger partial charge is 0.489 e. The average Bonchev–Trinajstić information content (AvgIpc) is 2.68. The third-order valence-corrected chi connectivity index (χ3v) is 4.38. The summed E-state index contributed by atoms with van der Waals surface area (Å²) in [6, 6.07) is 9.55. The fourth-order valence-corrected chi connectivity index (χ4v) is 2.54. The maximum absolute atomic E-state index is 13.1. The van der Waals surface area contributed by atoms with Crippen LogP contribution in [0.5, 0.6) is 5.75 Å². The van der Waals surface area contributed by atoms with Gasteiger partial charge in [-0.05, 0) is 41.8 Å². The first kappa shape index (κ1) is 24.2.